The third-order valence-electron chi connectivity index (χ3n) is 3.96. The minimum atomic E-state index is -0.400. The van der Waals surface area contributed by atoms with Gasteiger partial charge >= 0.3 is 0 Å². The molecule has 0 saturated heterocycles. The van der Waals surface area contributed by atoms with Crippen LogP contribution >= 0.6 is 0 Å². The maximum atomic E-state index is 9.57. The molecule has 1 aromatic carbocycles. The molecular weight excluding hydrogens is 298 g/mol. The Bertz CT molecular complexity index is 1020. The van der Waals surface area contributed by atoms with E-state index in [1.165, 1.54) is 0 Å². The van der Waals surface area contributed by atoms with E-state index in [1.807, 2.05) is 54.6 Å². The molecule has 1 atom stereocenters. The van der Waals surface area contributed by atoms with Gasteiger partial charge in [0.25, 0.3) is 0 Å². The first kappa shape index (κ1) is 14.1. The van der Waals surface area contributed by atoms with Crippen molar-refractivity contribution in [3.05, 3.63) is 78.2 Å². The Hall–Kier alpha value is -3.52. The fourth-order valence-electron chi connectivity index (χ4n) is 2.77. The van der Waals surface area contributed by atoms with Gasteiger partial charge in [0.15, 0.2) is 5.65 Å². The van der Waals surface area contributed by atoms with E-state index in [0.717, 1.165) is 22.2 Å². The van der Waals surface area contributed by atoms with Crippen molar-refractivity contribution in [2.24, 2.45) is 0 Å². The molecule has 1 N–H and O–H groups in total. The van der Waals surface area contributed by atoms with Gasteiger partial charge in [-0.15, -0.1) is 0 Å². The summed E-state index contributed by atoms with van der Waals surface area (Å²) in [6.07, 6.45) is 3.47. The number of benzene rings is 1. The highest BCUT2D eigenvalue weighted by Gasteiger charge is 2.17. The largest absolute Gasteiger partial charge is 0.265 e. The summed E-state index contributed by atoms with van der Waals surface area (Å²) in [6.45, 7) is 0. The summed E-state index contributed by atoms with van der Waals surface area (Å²) in [5, 5.41) is 17.8. The number of nitrogens with one attached hydrogen (secondary N) is 1. The molecule has 3 heterocycles. The van der Waals surface area contributed by atoms with Crippen molar-refractivity contribution in [1.82, 2.24) is 20.2 Å². The maximum absolute atomic E-state index is 9.57. The van der Waals surface area contributed by atoms with E-state index in [-0.39, 0.29) is 0 Å². The van der Waals surface area contributed by atoms with Gasteiger partial charge in [0.1, 0.15) is 11.6 Å². The molecule has 114 valence electrons. The van der Waals surface area contributed by atoms with E-state index < -0.39 is 5.92 Å². The third kappa shape index (κ3) is 2.40. The van der Waals surface area contributed by atoms with E-state index in [4.69, 9.17) is 0 Å². The highest BCUT2D eigenvalue weighted by molar-refractivity contribution is 5.90. The Morgan fingerprint density at radius 2 is 1.75 bits per heavy atom. The number of pyridine rings is 2. The van der Waals surface area contributed by atoms with Gasteiger partial charge < -0.3 is 0 Å². The zero-order chi connectivity index (χ0) is 16.4. The van der Waals surface area contributed by atoms with Gasteiger partial charge in [0, 0.05) is 23.3 Å². The molecule has 3 aromatic heterocycles. The van der Waals surface area contributed by atoms with Crippen LogP contribution in [0.1, 0.15) is 17.2 Å². The molecule has 5 heteroatoms. The maximum Gasteiger partial charge on any atom is 0.156 e. The van der Waals surface area contributed by atoms with Gasteiger partial charge in [-0.1, -0.05) is 30.3 Å². The lowest BCUT2D eigenvalue weighted by molar-refractivity contribution is 0.969. The first-order valence-corrected chi connectivity index (χ1v) is 7.57. The highest BCUT2D eigenvalue weighted by atomic mass is 15.1. The minimum Gasteiger partial charge on any atom is -0.265 e. The smallest absolute Gasteiger partial charge is 0.156 e. The number of hydrogen-bond acceptors (Lipinski definition) is 4. The van der Waals surface area contributed by atoms with Gasteiger partial charge in [0.2, 0.25) is 0 Å². The Morgan fingerprint density at radius 3 is 2.50 bits per heavy atom. The molecule has 0 fully saturated rings. The SMILES string of the molecule is N#CC(c1ccccc1)c1ccc2c(-c3ccncc3)n[nH]c2n1. The fourth-order valence-corrected chi connectivity index (χ4v) is 2.77. The Labute approximate surface area is 138 Å². The predicted molar refractivity (Wildman–Crippen MR) is 91.0 cm³/mol. The predicted octanol–water partition coefficient (Wildman–Crippen LogP) is 3.68. The van der Waals surface area contributed by atoms with Crippen LogP contribution in [0.2, 0.25) is 0 Å². The van der Waals surface area contributed by atoms with Crippen LogP contribution in [-0.4, -0.2) is 20.2 Å². The third-order valence-corrected chi connectivity index (χ3v) is 3.96. The van der Waals surface area contributed by atoms with Crippen LogP contribution < -0.4 is 0 Å². The number of H-pyrrole nitrogens is 1. The van der Waals surface area contributed by atoms with Crippen molar-refractivity contribution in [2.75, 3.05) is 0 Å². The van der Waals surface area contributed by atoms with Crippen LogP contribution in [-0.2, 0) is 0 Å². The highest BCUT2D eigenvalue weighted by Crippen LogP contribution is 2.28. The molecule has 5 nitrogen and oxygen atoms in total. The number of rotatable bonds is 3. The van der Waals surface area contributed by atoms with Crippen molar-refractivity contribution >= 4 is 11.0 Å². The topological polar surface area (TPSA) is 78.2 Å². The molecule has 0 bridgehead atoms. The first-order valence-electron chi connectivity index (χ1n) is 7.57. The fraction of sp³-hybridized carbons (Fsp3) is 0.0526. The number of aromatic nitrogens is 4. The molecule has 1 unspecified atom stereocenters. The van der Waals surface area contributed by atoms with Gasteiger partial charge in [0.05, 0.1) is 11.8 Å². The zero-order valence-electron chi connectivity index (χ0n) is 12.7. The van der Waals surface area contributed by atoms with Crippen molar-refractivity contribution in [3.8, 4) is 17.3 Å². The van der Waals surface area contributed by atoms with Crippen molar-refractivity contribution < 1.29 is 0 Å². The molecule has 0 radical (unpaired) electrons. The number of fused-ring (bicyclic) bond motifs is 1. The zero-order valence-corrected chi connectivity index (χ0v) is 12.7. The minimum absolute atomic E-state index is 0.400. The molecule has 0 aliphatic heterocycles. The summed E-state index contributed by atoms with van der Waals surface area (Å²) < 4.78 is 0. The van der Waals surface area contributed by atoms with Crippen LogP contribution in [0.15, 0.2) is 67.0 Å². The average molecular weight is 311 g/mol. The first-order chi connectivity index (χ1) is 11.9. The number of hydrogen-bond donors (Lipinski definition) is 1. The van der Waals surface area contributed by atoms with Crippen molar-refractivity contribution in [1.29, 1.82) is 5.26 Å². The van der Waals surface area contributed by atoms with E-state index >= 15 is 0 Å². The summed E-state index contributed by atoms with van der Waals surface area (Å²) in [7, 11) is 0. The molecular formula is C19H13N5. The number of nitriles is 1. The molecule has 0 spiro atoms. The lowest BCUT2D eigenvalue weighted by atomic mass is 9.96. The second-order valence-corrected chi connectivity index (χ2v) is 5.41. The normalized spacial score (nSPS) is 12.0. The Balaban J connectivity index is 1.79. The van der Waals surface area contributed by atoms with Gasteiger partial charge in [-0.05, 0) is 29.8 Å². The number of aromatic amines is 1. The van der Waals surface area contributed by atoms with Gasteiger partial charge in [-0.25, -0.2) is 4.98 Å². The Kier molecular flexibility index (Phi) is 3.49. The standard InChI is InChI=1S/C19H13N5/c20-12-16(13-4-2-1-3-5-13)17-7-6-15-18(23-24-19(15)22-17)14-8-10-21-11-9-14/h1-11,16H,(H,22,23,24). The van der Waals surface area contributed by atoms with E-state index in [2.05, 4.69) is 26.2 Å². The lowest BCUT2D eigenvalue weighted by Crippen LogP contribution is -2.01. The molecule has 0 aliphatic carbocycles. The van der Waals surface area contributed by atoms with Crippen molar-refractivity contribution in [2.45, 2.75) is 5.92 Å². The second kappa shape index (κ2) is 5.94. The number of nitrogens with zero attached hydrogens (tertiary/aromatic N) is 4. The molecule has 0 amide bonds. The summed E-state index contributed by atoms with van der Waals surface area (Å²) in [5.74, 6) is -0.400. The molecule has 24 heavy (non-hydrogen) atoms. The molecule has 4 rings (SSSR count). The molecule has 0 aliphatic rings. The van der Waals surface area contributed by atoms with Crippen LogP contribution in [0.4, 0.5) is 0 Å². The summed E-state index contributed by atoms with van der Waals surface area (Å²) in [6, 6.07) is 19.7. The van der Waals surface area contributed by atoms with Crippen LogP contribution in [0.3, 0.4) is 0 Å². The summed E-state index contributed by atoms with van der Waals surface area (Å²) >= 11 is 0. The van der Waals surface area contributed by atoms with E-state index in [1.54, 1.807) is 12.4 Å². The van der Waals surface area contributed by atoms with E-state index in [0.29, 0.717) is 11.3 Å². The monoisotopic (exact) mass is 311 g/mol. The average Bonchev–Trinajstić information content (AvgIpc) is 3.07. The van der Waals surface area contributed by atoms with Crippen molar-refractivity contribution in [3.63, 3.8) is 0 Å². The van der Waals surface area contributed by atoms with Gasteiger partial charge in [-0.2, -0.15) is 10.4 Å². The van der Waals surface area contributed by atoms with E-state index in [9.17, 15) is 5.26 Å². The summed E-state index contributed by atoms with van der Waals surface area (Å²) in [4.78, 5) is 8.64. The Morgan fingerprint density at radius 1 is 0.958 bits per heavy atom. The summed E-state index contributed by atoms with van der Waals surface area (Å²) in [5.41, 5.74) is 4.13. The second-order valence-electron chi connectivity index (χ2n) is 5.41. The lowest BCUT2D eigenvalue weighted by Gasteiger charge is -2.08. The van der Waals surface area contributed by atoms with Crippen LogP contribution in [0.5, 0.6) is 0 Å². The molecule has 0 saturated carbocycles. The van der Waals surface area contributed by atoms with Crippen LogP contribution in [0, 0.1) is 11.3 Å². The van der Waals surface area contributed by atoms with Gasteiger partial charge in [-0.3, -0.25) is 10.1 Å². The molecule has 4 aromatic rings. The quantitative estimate of drug-likeness (QED) is 0.626. The van der Waals surface area contributed by atoms with Crippen LogP contribution in [0.25, 0.3) is 22.3 Å².